The molecular weight excluding hydrogens is 462 g/mol. The maximum atomic E-state index is 13.5. The van der Waals surface area contributed by atoms with Gasteiger partial charge in [-0.15, -0.1) is 13.2 Å². The standard InChI is InChI=1S/C19H14BrF4NO4/c20-17(12-3-1-10(21)7-16(12)28-6-5-26)18(27)14-9-25-15-4-2-11(8-13(14)15)29-19(22,23)24/h1-4,7-9,17,25-26H,5-6H2. The number of hydrogen-bond donors (Lipinski definition) is 2. The molecule has 0 aliphatic carbocycles. The highest BCUT2D eigenvalue weighted by molar-refractivity contribution is 9.09. The molecule has 0 bridgehead atoms. The van der Waals surface area contributed by atoms with Crippen LogP contribution in [0, 0.1) is 5.82 Å². The number of hydrogen-bond acceptors (Lipinski definition) is 4. The second kappa shape index (κ2) is 8.42. The number of rotatable bonds is 7. The molecule has 29 heavy (non-hydrogen) atoms. The average Bonchev–Trinajstić information content (AvgIpc) is 3.07. The van der Waals surface area contributed by atoms with Crippen molar-refractivity contribution in [3.8, 4) is 11.5 Å². The number of alkyl halides is 4. The van der Waals surface area contributed by atoms with Crippen LogP contribution in [0.3, 0.4) is 0 Å². The summed E-state index contributed by atoms with van der Waals surface area (Å²) in [6.45, 7) is -0.406. The molecule has 3 aromatic rings. The SMILES string of the molecule is O=C(c1c[nH]c2ccc(OC(F)(F)F)cc12)C(Br)c1ccc(F)cc1OCCO. The molecule has 2 N–H and O–H groups in total. The highest BCUT2D eigenvalue weighted by atomic mass is 79.9. The first-order valence-corrected chi connectivity index (χ1v) is 9.19. The third-order valence-electron chi connectivity index (χ3n) is 3.98. The van der Waals surface area contributed by atoms with Crippen LogP contribution >= 0.6 is 15.9 Å². The fourth-order valence-electron chi connectivity index (χ4n) is 2.78. The number of ether oxygens (including phenoxy) is 2. The Morgan fingerprint density at radius 3 is 2.66 bits per heavy atom. The van der Waals surface area contributed by atoms with E-state index in [-0.39, 0.29) is 29.9 Å². The van der Waals surface area contributed by atoms with E-state index in [4.69, 9.17) is 9.84 Å². The largest absolute Gasteiger partial charge is 0.573 e. The van der Waals surface area contributed by atoms with Crippen molar-refractivity contribution in [1.29, 1.82) is 0 Å². The quantitative estimate of drug-likeness (QED) is 0.289. The molecule has 1 unspecified atom stereocenters. The Kier molecular flexibility index (Phi) is 6.13. The zero-order valence-corrected chi connectivity index (χ0v) is 16.2. The summed E-state index contributed by atoms with van der Waals surface area (Å²) in [6, 6.07) is 7.19. The van der Waals surface area contributed by atoms with Gasteiger partial charge in [0.15, 0.2) is 5.78 Å². The molecule has 1 heterocycles. The van der Waals surface area contributed by atoms with Gasteiger partial charge in [-0.1, -0.05) is 22.0 Å². The average molecular weight is 476 g/mol. The Morgan fingerprint density at radius 2 is 1.97 bits per heavy atom. The number of fused-ring (bicyclic) bond motifs is 1. The molecule has 10 heteroatoms. The number of aliphatic hydroxyl groups excluding tert-OH is 1. The van der Waals surface area contributed by atoms with Crippen LogP contribution in [0.4, 0.5) is 17.6 Å². The fraction of sp³-hybridized carbons (Fsp3) is 0.211. The third-order valence-corrected chi connectivity index (χ3v) is 4.89. The molecule has 0 spiro atoms. The Morgan fingerprint density at radius 1 is 1.21 bits per heavy atom. The summed E-state index contributed by atoms with van der Waals surface area (Å²) >= 11 is 3.25. The van der Waals surface area contributed by atoms with E-state index in [1.807, 2.05) is 0 Å². The Balaban J connectivity index is 1.96. The van der Waals surface area contributed by atoms with E-state index in [1.165, 1.54) is 18.3 Å². The van der Waals surface area contributed by atoms with Crippen LogP contribution in [0.2, 0.25) is 0 Å². The van der Waals surface area contributed by atoms with Gasteiger partial charge in [0.2, 0.25) is 0 Å². The summed E-state index contributed by atoms with van der Waals surface area (Å²) in [5, 5.41) is 9.15. The monoisotopic (exact) mass is 475 g/mol. The van der Waals surface area contributed by atoms with Gasteiger partial charge in [0.1, 0.15) is 28.8 Å². The van der Waals surface area contributed by atoms with Crippen LogP contribution in [0.5, 0.6) is 11.5 Å². The Bertz CT molecular complexity index is 1030. The number of halogens is 5. The minimum atomic E-state index is -4.86. The molecule has 0 saturated carbocycles. The molecule has 0 aliphatic heterocycles. The van der Waals surface area contributed by atoms with Crippen molar-refractivity contribution in [2.24, 2.45) is 0 Å². The lowest BCUT2D eigenvalue weighted by Gasteiger charge is -2.15. The first-order valence-electron chi connectivity index (χ1n) is 8.28. The smallest absolute Gasteiger partial charge is 0.491 e. The number of Topliss-reactive ketones (excluding diaryl/α,β-unsaturated/α-hetero) is 1. The van der Waals surface area contributed by atoms with Crippen molar-refractivity contribution in [3.05, 3.63) is 59.5 Å². The number of aromatic amines is 1. The molecule has 3 rings (SSSR count). The summed E-state index contributed by atoms with van der Waals surface area (Å²) in [5.41, 5.74) is 0.868. The maximum absolute atomic E-state index is 13.5. The lowest BCUT2D eigenvalue weighted by Crippen LogP contribution is -2.17. The fourth-order valence-corrected chi connectivity index (χ4v) is 3.40. The van der Waals surface area contributed by atoms with Crippen molar-refractivity contribution < 1.29 is 36.9 Å². The van der Waals surface area contributed by atoms with E-state index >= 15 is 0 Å². The van der Waals surface area contributed by atoms with Gasteiger partial charge in [-0.2, -0.15) is 0 Å². The molecule has 2 aromatic carbocycles. The molecule has 0 fully saturated rings. The van der Waals surface area contributed by atoms with E-state index in [0.717, 1.165) is 24.3 Å². The number of benzene rings is 2. The number of ketones is 1. The summed E-state index contributed by atoms with van der Waals surface area (Å²) < 4.78 is 60.2. The number of carbonyl (C=O) groups is 1. The molecule has 154 valence electrons. The van der Waals surface area contributed by atoms with Gasteiger partial charge in [-0.05, 0) is 24.3 Å². The zero-order valence-electron chi connectivity index (χ0n) is 14.6. The molecule has 0 saturated heterocycles. The second-order valence-electron chi connectivity index (χ2n) is 5.94. The minimum absolute atomic E-state index is 0.0650. The highest BCUT2D eigenvalue weighted by Gasteiger charge is 2.31. The van der Waals surface area contributed by atoms with E-state index in [1.54, 1.807) is 0 Å². The van der Waals surface area contributed by atoms with Crippen LogP contribution < -0.4 is 9.47 Å². The number of carbonyl (C=O) groups excluding carboxylic acids is 1. The summed E-state index contributed by atoms with van der Waals surface area (Å²) in [4.78, 5) is 14.9. The van der Waals surface area contributed by atoms with Gasteiger partial charge < -0.3 is 19.6 Å². The molecule has 0 radical (unpaired) electrons. The Hall–Kier alpha value is -2.59. The highest BCUT2D eigenvalue weighted by Crippen LogP contribution is 2.37. The van der Waals surface area contributed by atoms with Crippen LogP contribution in [0.15, 0.2) is 42.6 Å². The zero-order chi connectivity index (χ0) is 21.2. The molecule has 5 nitrogen and oxygen atoms in total. The van der Waals surface area contributed by atoms with E-state index in [9.17, 15) is 22.4 Å². The van der Waals surface area contributed by atoms with Crippen molar-refractivity contribution in [2.45, 2.75) is 11.2 Å². The summed E-state index contributed by atoms with van der Waals surface area (Å²) in [7, 11) is 0. The maximum Gasteiger partial charge on any atom is 0.573 e. The second-order valence-corrected chi connectivity index (χ2v) is 6.85. The van der Waals surface area contributed by atoms with Crippen LogP contribution in [-0.4, -0.2) is 35.4 Å². The third kappa shape index (κ3) is 4.88. The van der Waals surface area contributed by atoms with Gasteiger partial charge in [-0.3, -0.25) is 4.79 Å². The van der Waals surface area contributed by atoms with E-state index < -0.39 is 28.5 Å². The number of nitrogens with one attached hydrogen (secondary N) is 1. The van der Waals surface area contributed by atoms with Gasteiger partial charge >= 0.3 is 6.36 Å². The van der Waals surface area contributed by atoms with Gasteiger partial charge in [-0.25, -0.2) is 4.39 Å². The molecule has 1 atom stereocenters. The molecular formula is C19H14BrF4NO4. The van der Waals surface area contributed by atoms with Gasteiger partial charge in [0.05, 0.1) is 6.61 Å². The predicted molar refractivity (Wildman–Crippen MR) is 100.0 cm³/mol. The number of H-pyrrole nitrogens is 1. The minimum Gasteiger partial charge on any atom is -0.491 e. The first-order chi connectivity index (χ1) is 13.7. The first kappa shape index (κ1) is 21.1. The van der Waals surface area contributed by atoms with Crippen LogP contribution in [0.1, 0.15) is 20.7 Å². The lowest BCUT2D eigenvalue weighted by atomic mass is 10.0. The normalized spacial score (nSPS) is 12.8. The predicted octanol–water partition coefficient (Wildman–Crippen LogP) is 4.90. The van der Waals surface area contributed by atoms with Gasteiger partial charge in [0, 0.05) is 34.3 Å². The summed E-state index contributed by atoms with van der Waals surface area (Å²) in [6.07, 6.45) is -3.49. The molecule has 1 aromatic heterocycles. The van der Waals surface area contributed by atoms with Crippen molar-refractivity contribution in [3.63, 3.8) is 0 Å². The molecule has 0 aliphatic rings. The van der Waals surface area contributed by atoms with Crippen LogP contribution in [0.25, 0.3) is 10.9 Å². The van der Waals surface area contributed by atoms with Gasteiger partial charge in [0.25, 0.3) is 0 Å². The number of aromatic nitrogens is 1. The van der Waals surface area contributed by atoms with Crippen LogP contribution in [-0.2, 0) is 0 Å². The Labute approximate surface area is 170 Å². The van der Waals surface area contributed by atoms with E-state index in [0.29, 0.717) is 11.1 Å². The van der Waals surface area contributed by atoms with Crippen molar-refractivity contribution in [1.82, 2.24) is 4.98 Å². The topological polar surface area (TPSA) is 71.6 Å². The van der Waals surface area contributed by atoms with Crippen molar-refractivity contribution >= 4 is 32.6 Å². The van der Waals surface area contributed by atoms with Crippen molar-refractivity contribution in [2.75, 3.05) is 13.2 Å². The van der Waals surface area contributed by atoms with E-state index in [2.05, 4.69) is 25.7 Å². The summed E-state index contributed by atoms with van der Waals surface area (Å²) in [5.74, 6) is -1.47. The number of aliphatic hydroxyl groups is 1. The lowest BCUT2D eigenvalue weighted by molar-refractivity contribution is -0.274. The molecule has 0 amide bonds.